The van der Waals surface area contributed by atoms with E-state index in [-0.39, 0.29) is 0 Å². The third-order valence-corrected chi connectivity index (χ3v) is 4.64. The lowest BCUT2D eigenvalue weighted by molar-refractivity contribution is 0.0528. The van der Waals surface area contributed by atoms with E-state index < -0.39 is 0 Å². The molecule has 0 aromatic heterocycles. The number of hydrogen-bond donors (Lipinski definition) is 0. The van der Waals surface area contributed by atoms with Gasteiger partial charge in [-0.1, -0.05) is 22.6 Å². The molecule has 0 amide bonds. The first kappa shape index (κ1) is 11.1. The van der Waals surface area contributed by atoms with Crippen molar-refractivity contribution < 1.29 is 0 Å². The number of rotatable bonds is 1. The minimum Gasteiger partial charge on any atom is -0.306 e. The summed E-state index contributed by atoms with van der Waals surface area (Å²) in [6.07, 6.45) is 2.84. The van der Waals surface area contributed by atoms with Crippen molar-refractivity contribution in [2.45, 2.75) is 23.8 Å². The van der Waals surface area contributed by atoms with Gasteiger partial charge in [0.05, 0.1) is 4.05 Å². The van der Waals surface area contributed by atoms with Crippen LogP contribution in [0, 0.1) is 11.8 Å². The molecule has 2 saturated heterocycles. The summed E-state index contributed by atoms with van der Waals surface area (Å²) >= 11 is 2.54. The number of piperidine rings is 2. The van der Waals surface area contributed by atoms with Crippen LogP contribution < -0.4 is 0 Å². The van der Waals surface area contributed by atoms with Crippen molar-refractivity contribution in [3.8, 4) is 0 Å². The van der Waals surface area contributed by atoms with Crippen molar-refractivity contribution in [3.63, 3.8) is 0 Å². The average Bonchev–Trinajstić information content (AvgIpc) is 2.16. The van der Waals surface area contributed by atoms with E-state index in [1.807, 2.05) is 0 Å². The van der Waals surface area contributed by atoms with Gasteiger partial charge in [-0.2, -0.15) is 0 Å². The zero-order valence-electron chi connectivity index (χ0n) is 9.25. The van der Waals surface area contributed by atoms with Crippen LogP contribution in [-0.2, 0) is 0 Å². The third kappa shape index (κ3) is 2.42. The predicted molar refractivity (Wildman–Crippen MR) is 68.8 cm³/mol. The fourth-order valence-electron chi connectivity index (χ4n) is 2.88. The Balaban J connectivity index is 1.91. The number of hydrogen-bond acceptors (Lipinski definition) is 2. The molecule has 2 fully saturated rings. The topological polar surface area (TPSA) is 6.48 Å². The standard InChI is InChI=1S/C11H21IN2/c1-9(12)14-6-4-10-7-13(2)5-3-11(10)8-14/h9-11H,3-8H2,1-2H3. The second-order valence-corrected chi connectivity index (χ2v) is 6.73. The number of alkyl halides is 1. The molecule has 14 heavy (non-hydrogen) atoms. The summed E-state index contributed by atoms with van der Waals surface area (Å²) in [6.45, 7) is 7.64. The molecule has 2 aliphatic rings. The van der Waals surface area contributed by atoms with Crippen molar-refractivity contribution in [1.29, 1.82) is 0 Å². The van der Waals surface area contributed by atoms with Crippen LogP contribution >= 0.6 is 22.6 Å². The molecule has 0 spiro atoms. The van der Waals surface area contributed by atoms with Crippen LogP contribution in [0.5, 0.6) is 0 Å². The van der Waals surface area contributed by atoms with Gasteiger partial charge in [0.1, 0.15) is 0 Å². The summed E-state index contributed by atoms with van der Waals surface area (Å²) in [7, 11) is 2.27. The maximum atomic E-state index is 2.65. The Kier molecular flexibility index (Phi) is 3.71. The highest BCUT2D eigenvalue weighted by molar-refractivity contribution is 14.1. The summed E-state index contributed by atoms with van der Waals surface area (Å²) in [5.74, 6) is 1.97. The molecule has 3 unspecified atom stereocenters. The van der Waals surface area contributed by atoms with E-state index in [0.717, 1.165) is 11.8 Å². The highest BCUT2D eigenvalue weighted by atomic mass is 127. The number of nitrogens with zero attached hydrogens (tertiary/aromatic N) is 2. The Morgan fingerprint density at radius 3 is 2.50 bits per heavy atom. The number of halogens is 1. The fourth-order valence-corrected chi connectivity index (χ4v) is 3.38. The quantitative estimate of drug-likeness (QED) is 0.415. The molecule has 0 aliphatic carbocycles. The van der Waals surface area contributed by atoms with E-state index in [4.69, 9.17) is 0 Å². The van der Waals surface area contributed by atoms with Crippen molar-refractivity contribution in [2.24, 2.45) is 11.8 Å². The lowest BCUT2D eigenvalue weighted by Crippen LogP contribution is -2.49. The van der Waals surface area contributed by atoms with E-state index in [9.17, 15) is 0 Å². The molecule has 2 heterocycles. The Morgan fingerprint density at radius 2 is 1.79 bits per heavy atom. The normalized spacial score (nSPS) is 37.9. The lowest BCUT2D eigenvalue weighted by atomic mass is 9.80. The summed E-state index contributed by atoms with van der Waals surface area (Å²) in [6, 6.07) is 0. The number of likely N-dealkylation sites (tertiary alicyclic amines) is 2. The highest BCUT2D eigenvalue weighted by Gasteiger charge is 2.33. The van der Waals surface area contributed by atoms with Gasteiger partial charge in [-0.3, -0.25) is 4.90 Å². The molecule has 0 bridgehead atoms. The molecule has 3 atom stereocenters. The minimum absolute atomic E-state index is 0.716. The van der Waals surface area contributed by atoms with E-state index in [2.05, 4.69) is 46.4 Å². The lowest BCUT2D eigenvalue weighted by Gasteiger charge is -2.44. The van der Waals surface area contributed by atoms with E-state index >= 15 is 0 Å². The van der Waals surface area contributed by atoms with Crippen molar-refractivity contribution in [1.82, 2.24) is 9.80 Å². The van der Waals surface area contributed by atoms with Crippen LogP contribution in [-0.4, -0.2) is 47.1 Å². The van der Waals surface area contributed by atoms with Crippen molar-refractivity contribution >= 4 is 22.6 Å². The molecular formula is C11H21IN2. The third-order valence-electron chi connectivity index (χ3n) is 3.85. The molecule has 0 aromatic rings. The fraction of sp³-hybridized carbons (Fsp3) is 1.00. The monoisotopic (exact) mass is 308 g/mol. The molecule has 0 saturated carbocycles. The van der Waals surface area contributed by atoms with Crippen LogP contribution in [0.25, 0.3) is 0 Å². The van der Waals surface area contributed by atoms with Gasteiger partial charge in [0, 0.05) is 13.1 Å². The molecule has 0 radical (unpaired) electrons. The van der Waals surface area contributed by atoms with Gasteiger partial charge in [0.25, 0.3) is 0 Å². The molecule has 82 valence electrons. The molecule has 2 nitrogen and oxygen atoms in total. The van der Waals surface area contributed by atoms with Gasteiger partial charge in [0.2, 0.25) is 0 Å². The SMILES string of the molecule is CC(I)N1CCC2CN(C)CCC2C1. The average molecular weight is 308 g/mol. The summed E-state index contributed by atoms with van der Waals surface area (Å²) in [5.41, 5.74) is 0. The van der Waals surface area contributed by atoms with Crippen LogP contribution in [0.4, 0.5) is 0 Å². The van der Waals surface area contributed by atoms with Crippen LogP contribution in [0.3, 0.4) is 0 Å². The van der Waals surface area contributed by atoms with Crippen LogP contribution in [0.1, 0.15) is 19.8 Å². The summed E-state index contributed by atoms with van der Waals surface area (Å²) < 4.78 is 0.716. The molecule has 0 aromatic carbocycles. The molecule has 2 rings (SSSR count). The maximum absolute atomic E-state index is 2.65. The van der Waals surface area contributed by atoms with E-state index in [1.54, 1.807) is 0 Å². The molecule has 3 heteroatoms. The number of fused-ring (bicyclic) bond motifs is 1. The minimum atomic E-state index is 0.716. The van der Waals surface area contributed by atoms with Crippen LogP contribution in [0.2, 0.25) is 0 Å². The molecular weight excluding hydrogens is 287 g/mol. The Labute approximate surface area is 101 Å². The highest BCUT2D eigenvalue weighted by Crippen LogP contribution is 2.32. The zero-order valence-corrected chi connectivity index (χ0v) is 11.4. The van der Waals surface area contributed by atoms with Crippen molar-refractivity contribution in [3.05, 3.63) is 0 Å². The molecule has 2 aliphatic heterocycles. The van der Waals surface area contributed by atoms with Gasteiger partial charge < -0.3 is 4.90 Å². The Bertz CT molecular complexity index is 196. The van der Waals surface area contributed by atoms with Crippen molar-refractivity contribution in [2.75, 3.05) is 33.2 Å². The zero-order chi connectivity index (χ0) is 10.1. The predicted octanol–water partition coefficient (Wildman–Crippen LogP) is 2.04. The van der Waals surface area contributed by atoms with Gasteiger partial charge >= 0.3 is 0 Å². The maximum Gasteiger partial charge on any atom is 0.0590 e. The smallest absolute Gasteiger partial charge is 0.0590 e. The van der Waals surface area contributed by atoms with E-state index in [0.29, 0.717) is 4.05 Å². The first-order chi connectivity index (χ1) is 6.66. The van der Waals surface area contributed by atoms with Gasteiger partial charge in [0.15, 0.2) is 0 Å². The van der Waals surface area contributed by atoms with Crippen LogP contribution in [0.15, 0.2) is 0 Å². The summed E-state index contributed by atoms with van der Waals surface area (Å²) in [4.78, 5) is 5.15. The Hall–Kier alpha value is 0.650. The first-order valence-electron chi connectivity index (χ1n) is 5.73. The largest absolute Gasteiger partial charge is 0.306 e. The van der Waals surface area contributed by atoms with Gasteiger partial charge in [-0.15, -0.1) is 0 Å². The Morgan fingerprint density at radius 1 is 1.14 bits per heavy atom. The van der Waals surface area contributed by atoms with E-state index in [1.165, 1.54) is 39.0 Å². The summed E-state index contributed by atoms with van der Waals surface area (Å²) in [5, 5.41) is 0. The second-order valence-electron chi connectivity index (χ2n) is 4.93. The molecule has 0 N–H and O–H groups in total. The van der Waals surface area contributed by atoms with Gasteiger partial charge in [-0.05, 0) is 51.7 Å². The second kappa shape index (κ2) is 4.66. The van der Waals surface area contributed by atoms with Gasteiger partial charge in [-0.25, -0.2) is 0 Å². The first-order valence-corrected chi connectivity index (χ1v) is 6.98.